The fraction of sp³-hybridized carbons (Fsp3) is 0.925. The van der Waals surface area contributed by atoms with Crippen LogP contribution in [0.3, 0.4) is 0 Å². The van der Waals surface area contributed by atoms with Gasteiger partial charge in [-0.3, -0.25) is 4.79 Å². The van der Waals surface area contributed by atoms with Crippen LogP contribution < -0.4 is 0 Å². The summed E-state index contributed by atoms with van der Waals surface area (Å²) in [6.45, 7) is 8.54. The van der Waals surface area contributed by atoms with Gasteiger partial charge < -0.3 is 19.5 Å². The molecular weight excluding hydrogens is 587 g/mol. The molecule has 0 aliphatic carbocycles. The Kier molecular flexibility index (Phi) is 33.8. The fourth-order valence-electron chi connectivity index (χ4n) is 6.47. The lowest BCUT2D eigenvalue weighted by Gasteiger charge is -2.29. The third-order valence-electron chi connectivity index (χ3n) is 9.59. The Bertz CT molecular complexity index is 715. The van der Waals surface area contributed by atoms with Gasteiger partial charge in [0.2, 0.25) is 5.91 Å². The van der Waals surface area contributed by atoms with E-state index in [0.29, 0.717) is 31.6 Å². The molecule has 0 rings (SSSR count). The molecule has 0 spiro atoms. The average molecular weight is 669 g/mol. The van der Waals surface area contributed by atoms with Crippen LogP contribution >= 0.6 is 7.80 Å². The fourth-order valence-corrected chi connectivity index (χ4v) is 8.17. The normalized spacial score (nSPS) is 13.9. The number of allylic oxidation sites excluding steroid dienone is 2. The molecule has 46 heavy (non-hydrogen) atoms. The van der Waals surface area contributed by atoms with Crippen molar-refractivity contribution in [2.24, 2.45) is 5.92 Å². The van der Waals surface area contributed by atoms with Gasteiger partial charge in [0, 0.05) is 32.2 Å². The van der Waals surface area contributed by atoms with Gasteiger partial charge in [-0.2, -0.15) is 0 Å². The van der Waals surface area contributed by atoms with Crippen LogP contribution in [0, 0.1) is 5.92 Å². The predicted octanol–water partition coefficient (Wildman–Crippen LogP) is 11.3. The zero-order chi connectivity index (χ0) is 34.1. The highest BCUT2D eigenvalue weighted by Crippen LogP contribution is 2.29. The molecule has 0 saturated heterocycles. The third-order valence-corrected chi connectivity index (χ3v) is 11.6. The lowest BCUT2D eigenvalue weighted by Crippen LogP contribution is -2.39. The molecule has 0 aromatic heterocycles. The Labute approximate surface area is 288 Å². The van der Waals surface area contributed by atoms with E-state index < -0.39 is 7.80 Å². The molecule has 0 fully saturated rings. The summed E-state index contributed by atoms with van der Waals surface area (Å²) >= 11 is 0. The minimum absolute atomic E-state index is 0.107. The highest BCUT2D eigenvalue weighted by atomic mass is 31.1. The molecule has 5 nitrogen and oxygen atoms in total. The first-order chi connectivity index (χ1) is 22.4. The highest BCUT2D eigenvalue weighted by Gasteiger charge is 2.24. The molecule has 3 unspecified atom stereocenters. The summed E-state index contributed by atoms with van der Waals surface area (Å²) in [5.74, 6) is 0.632. The number of hydrogen-bond donors (Lipinski definition) is 1. The topological polar surface area (TPSA) is 60.9 Å². The van der Waals surface area contributed by atoms with Crippen molar-refractivity contribution in [3.63, 3.8) is 0 Å². The molecule has 0 heterocycles. The van der Waals surface area contributed by atoms with Crippen molar-refractivity contribution in [2.45, 2.75) is 187 Å². The van der Waals surface area contributed by atoms with Crippen molar-refractivity contribution in [1.82, 2.24) is 9.80 Å². The second-order valence-electron chi connectivity index (χ2n) is 14.4. The van der Waals surface area contributed by atoms with Crippen LogP contribution in [-0.2, 0) is 9.36 Å². The molecular formula is C40H81N2O3P. The minimum Gasteiger partial charge on any atom is -0.396 e. The first kappa shape index (κ1) is 45.4. The lowest BCUT2D eigenvalue weighted by molar-refractivity contribution is -0.132. The van der Waals surface area contributed by atoms with Gasteiger partial charge in [-0.05, 0) is 52.1 Å². The van der Waals surface area contributed by atoms with Crippen LogP contribution in [0.1, 0.15) is 181 Å². The van der Waals surface area contributed by atoms with Crippen molar-refractivity contribution >= 4 is 13.7 Å². The second kappa shape index (κ2) is 34.2. The number of aliphatic hydroxyl groups excluding tert-OH is 1. The predicted molar refractivity (Wildman–Crippen MR) is 205 cm³/mol. The number of hydrogen-bond acceptors (Lipinski definition) is 4. The number of nitrogens with zero attached hydrogens (tertiary/aromatic N) is 2. The Morgan fingerprint density at radius 2 is 1.15 bits per heavy atom. The lowest BCUT2D eigenvalue weighted by atomic mass is 9.92. The summed E-state index contributed by atoms with van der Waals surface area (Å²) < 4.78 is 13.1. The smallest absolute Gasteiger partial charge is 0.222 e. The van der Waals surface area contributed by atoms with Crippen LogP contribution in [0.15, 0.2) is 12.2 Å². The van der Waals surface area contributed by atoms with E-state index in [4.69, 9.17) is 0 Å². The SMILES string of the molecule is CCCCCCCCCCCC=CCCCN(CC(CO)[PH](=O)CCN(C)C)C(=O)CC(CCC)CCCCCCCCCCC. The van der Waals surface area contributed by atoms with Gasteiger partial charge in [0.25, 0.3) is 0 Å². The molecule has 0 saturated carbocycles. The van der Waals surface area contributed by atoms with Crippen LogP contribution in [0.4, 0.5) is 0 Å². The van der Waals surface area contributed by atoms with E-state index in [1.54, 1.807) is 0 Å². The number of carbonyl (C=O) groups is 1. The van der Waals surface area contributed by atoms with Gasteiger partial charge in [-0.25, -0.2) is 0 Å². The van der Waals surface area contributed by atoms with Crippen molar-refractivity contribution in [1.29, 1.82) is 0 Å². The van der Waals surface area contributed by atoms with E-state index in [9.17, 15) is 14.5 Å². The average Bonchev–Trinajstić information content (AvgIpc) is 3.04. The standard InChI is InChI=1S/C40H81N2O3P/c1-6-9-11-13-15-17-18-19-20-21-23-25-27-29-32-42(36-39(37-43)46(45)34-33-41(4)5)40(44)35-38(30-8-3)31-28-26-24-22-16-14-12-10-7-2/h23,25,38-39,43,46H,6-22,24,26-37H2,1-5H3. The van der Waals surface area contributed by atoms with Crippen molar-refractivity contribution in [2.75, 3.05) is 46.5 Å². The molecule has 0 aliphatic rings. The number of carbonyl (C=O) groups excluding carboxylic acids is 1. The van der Waals surface area contributed by atoms with Crippen LogP contribution in [0.5, 0.6) is 0 Å². The first-order valence-electron chi connectivity index (χ1n) is 20.1. The monoisotopic (exact) mass is 669 g/mol. The zero-order valence-electron chi connectivity index (χ0n) is 31.7. The third kappa shape index (κ3) is 28.4. The van der Waals surface area contributed by atoms with Gasteiger partial charge in [0.1, 0.15) is 0 Å². The van der Waals surface area contributed by atoms with Crippen molar-refractivity contribution in [3.8, 4) is 0 Å². The Hall–Kier alpha value is -0.640. The van der Waals surface area contributed by atoms with Crippen LogP contribution in [-0.4, -0.2) is 73.0 Å². The molecule has 0 aromatic carbocycles. The summed E-state index contributed by atoms with van der Waals surface area (Å²) in [4.78, 5) is 17.7. The summed E-state index contributed by atoms with van der Waals surface area (Å²) in [5, 5.41) is 10.2. The van der Waals surface area contributed by atoms with Gasteiger partial charge in [-0.1, -0.05) is 155 Å². The maximum absolute atomic E-state index is 13.7. The number of unbranched alkanes of at least 4 members (excludes halogenated alkanes) is 18. The zero-order valence-corrected chi connectivity index (χ0v) is 32.7. The molecule has 0 aromatic rings. The highest BCUT2D eigenvalue weighted by molar-refractivity contribution is 7.45. The van der Waals surface area contributed by atoms with E-state index in [2.05, 4.69) is 32.9 Å². The molecule has 0 bridgehead atoms. The maximum Gasteiger partial charge on any atom is 0.222 e. The number of amides is 1. The van der Waals surface area contributed by atoms with E-state index >= 15 is 0 Å². The summed E-state index contributed by atoms with van der Waals surface area (Å²) in [6, 6.07) is 0. The number of aliphatic hydroxyl groups is 1. The van der Waals surface area contributed by atoms with E-state index in [-0.39, 0.29) is 18.2 Å². The number of rotatable bonds is 35. The van der Waals surface area contributed by atoms with Crippen LogP contribution in [0.2, 0.25) is 0 Å². The summed E-state index contributed by atoms with van der Waals surface area (Å²) in [7, 11) is 2.00. The van der Waals surface area contributed by atoms with Gasteiger partial charge in [0.05, 0.1) is 20.1 Å². The van der Waals surface area contributed by atoms with Crippen molar-refractivity contribution in [3.05, 3.63) is 12.2 Å². The molecule has 6 heteroatoms. The Morgan fingerprint density at radius 1 is 0.652 bits per heavy atom. The first-order valence-corrected chi connectivity index (χ1v) is 21.8. The molecule has 3 atom stereocenters. The van der Waals surface area contributed by atoms with Gasteiger partial charge in [-0.15, -0.1) is 0 Å². The molecule has 1 amide bonds. The molecule has 0 aliphatic heterocycles. The molecule has 0 radical (unpaired) electrons. The van der Waals surface area contributed by atoms with Crippen molar-refractivity contribution < 1.29 is 14.5 Å². The summed E-state index contributed by atoms with van der Waals surface area (Å²) in [5.41, 5.74) is -0.307. The van der Waals surface area contributed by atoms with Gasteiger partial charge in [0.15, 0.2) is 0 Å². The Balaban J connectivity index is 4.80. The summed E-state index contributed by atoms with van der Waals surface area (Å²) in [6.07, 6.45) is 36.4. The van der Waals surface area contributed by atoms with E-state index in [1.165, 1.54) is 116 Å². The second-order valence-corrected chi connectivity index (χ2v) is 16.7. The van der Waals surface area contributed by atoms with Crippen LogP contribution in [0.25, 0.3) is 0 Å². The Morgan fingerprint density at radius 3 is 1.65 bits per heavy atom. The van der Waals surface area contributed by atoms with E-state index in [0.717, 1.165) is 45.1 Å². The van der Waals surface area contributed by atoms with E-state index in [1.807, 2.05) is 23.9 Å². The maximum atomic E-state index is 13.7. The largest absolute Gasteiger partial charge is 0.396 e. The molecule has 1 N–H and O–H groups in total. The minimum atomic E-state index is -1.98. The van der Waals surface area contributed by atoms with Gasteiger partial charge >= 0.3 is 0 Å². The molecule has 274 valence electrons. The quantitative estimate of drug-likeness (QED) is 0.0415.